The lowest BCUT2D eigenvalue weighted by Gasteiger charge is -2.30. The number of rotatable bonds is 5. The fourth-order valence-corrected chi connectivity index (χ4v) is 2.54. The number of thiocarbonyl (C=S) groups is 1. The van der Waals surface area contributed by atoms with Gasteiger partial charge in [-0.1, -0.05) is 12.2 Å². The van der Waals surface area contributed by atoms with Crippen LogP contribution < -0.4 is 11.1 Å². The van der Waals surface area contributed by atoms with E-state index in [0.717, 1.165) is 37.3 Å². The Morgan fingerprint density at radius 1 is 1.38 bits per heavy atom. The third-order valence-electron chi connectivity index (χ3n) is 3.66. The van der Waals surface area contributed by atoms with Crippen LogP contribution in [0, 0.1) is 0 Å². The monoisotopic (exact) mass is 307 g/mol. The number of likely N-dealkylation sites (N-methyl/N-ethyl adjacent to an activating group) is 1. The van der Waals surface area contributed by atoms with Gasteiger partial charge < -0.3 is 15.8 Å². The van der Waals surface area contributed by atoms with Crippen molar-refractivity contribution in [3.63, 3.8) is 0 Å². The van der Waals surface area contributed by atoms with Crippen LogP contribution in [0.2, 0.25) is 0 Å². The fourth-order valence-electron chi connectivity index (χ4n) is 2.40. The molecule has 5 nitrogen and oxygen atoms in total. The molecule has 0 aromatic heterocycles. The molecule has 3 N–H and O–H groups in total. The molecule has 114 valence electrons. The van der Waals surface area contributed by atoms with Crippen LogP contribution in [0.5, 0.6) is 0 Å². The number of nitrogens with zero attached hydrogens (tertiary/aromatic N) is 1. The van der Waals surface area contributed by atoms with Gasteiger partial charge in [-0.05, 0) is 44.2 Å². The fraction of sp³-hybridized carbons (Fsp3) is 0.467. The molecular weight excluding hydrogens is 286 g/mol. The summed E-state index contributed by atoms with van der Waals surface area (Å²) in [5, 5.41) is 2.88. The predicted octanol–water partition coefficient (Wildman–Crippen LogP) is 1.37. The van der Waals surface area contributed by atoms with Crippen LogP contribution in [0.3, 0.4) is 0 Å². The van der Waals surface area contributed by atoms with E-state index in [1.807, 2.05) is 7.05 Å². The number of carbonyl (C=O) groups excluding carboxylic acids is 1. The number of hydrogen-bond donors (Lipinski definition) is 2. The number of nitrogens with one attached hydrogen (secondary N) is 1. The van der Waals surface area contributed by atoms with Crippen molar-refractivity contribution in [2.75, 3.05) is 32.1 Å². The van der Waals surface area contributed by atoms with Crippen molar-refractivity contribution < 1.29 is 9.53 Å². The summed E-state index contributed by atoms with van der Waals surface area (Å²) in [4.78, 5) is 14.5. The van der Waals surface area contributed by atoms with Gasteiger partial charge in [0.1, 0.15) is 4.99 Å². The van der Waals surface area contributed by atoms with Crippen molar-refractivity contribution in [2.24, 2.45) is 5.73 Å². The average Bonchev–Trinajstić information content (AvgIpc) is 2.48. The molecular formula is C15H21N3O2S. The van der Waals surface area contributed by atoms with Crippen LogP contribution in [-0.4, -0.2) is 48.6 Å². The number of hydrogen-bond acceptors (Lipinski definition) is 4. The average molecular weight is 307 g/mol. The molecule has 1 aromatic carbocycles. The first-order valence-electron chi connectivity index (χ1n) is 7.04. The van der Waals surface area contributed by atoms with Crippen molar-refractivity contribution in [3.8, 4) is 0 Å². The largest absolute Gasteiger partial charge is 0.389 e. The van der Waals surface area contributed by atoms with Crippen LogP contribution in [0.1, 0.15) is 18.4 Å². The molecule has 1 heterocycles. The molecule has 1 aromatic rings. The third-order valence-corrected chi connectivity index (χ3v) is 3.90. The summed E-state index contributed by atoms with van der Waals surface area (Å²) in [6.45, 7) is 1.93. The molecule has 0 atom stereocenters. The number of ether oxygens (including phenoxy) is 1. The van der Waals surface area contributed by atoms with Gasteiger partial charge in [0.15, 0.2) is 0 Å². The van der Waals surface area contributed by atoms with E-state index < -0.39 is 0 Å². The SMILES string of the molecule is CN(CC(=O)Nc1ccc(C(N)=S)cc1)C1CCOCC1. The molecule has 0 unspecified atom stereocenters. The molecule has 1 fully saturated rings. The van der Waals surface area contributed by atoms with E-state index in [2.05, 4.69) is 10.2 Å². The third kappa shape index (κ3) is 4.77. The minimum atomic E-state index is -0.0212. The highest BCUT2D eigenvalue weighted by Crippen LogP contribution is 2.13. The van der Waals surface area contributed by atoms with E-state index in [1.54, 1.807) is 24.3 Å². The summed E-state index contributed by atoms with van der Waals surface area (Å²) < 4.78 is 5.33. The van der Waals surface area contributed by atoms with Crippen molar-refractivity contribution in [1.82, 2.24) is 4.90 Å². The number of anilines is 1. The van der Waals surface area contributed by atoms with Crippen molar-refractivity contribution >= 4 is 28.8 Å². The van der Waals surface area contributed by atoms with Crippen molar-refractivity contribution in [3.05, 3.63) is 29.8 Å². The second-order valence-electron chi connectivity index (χ2n) is 5.25. The highest BCUT2D eigenvalue weighted by molar-refractivity contribution is 7.80. The Morgan fingerprint density at radius 3 is 2.57 bits per heavy atom. The quantitative estimate of drug-likeness (QED) is 0.804. The lowest BCUT2D eigenvalue weighted by Crippen LogP contribution is -2.41. The number of nitrogens with two attached hydrogens (primary N) is 1. The summed E-state index contributed by atoms with van der Waals surface area (Å²) in [6.07, 6.45) is 1.96. The van der Waals surface area contributed by atoms with Gasteiger partial charge in [-0.2, -0.15) is 0 Å². The maximum atomic E-state index is 12.0. The summed E-state index contributed by atoms with van der Waals surface area (Å²) in [7, 11) is 1.98. The van der Waals surface area contributed by atoms with E-state index >= 15 is 0 Å². The Labute approximate surface area is 130 Å². The lowest BCUT2D eigenvalue weighted by molar-refractivity contribution is -0.118. The van der Waals surface area contributed by atoms with Crippen LogP contribution in [0.4, 0.5) is 5.69 Å². The van der Waals surface area contributed by atoms with E-state index in [4.69, 9.17) is 22.7 Å². The maximum Gasteiger partial charge on any atom is 0.238 e. The Balaban J connectivity index is 1.84. The lowest BCUT2D eigenvalue weighted by atomic mass is 10.1. The van der Waals surface area contributed by atoms with Gasteiger partial charge >= 0.3 is 0 Å². The highest BCUT2D eigenvalue weighted by Gasteiger charge is 2.20. The van der Waals surface area contributed by atoms with Gasteiger partial charge in [-0.25, -0.2) is 0 Å². The molecule has 0 spiro atoms. The Bertz CT molecular complexity index is 498. The van der Waals surface area contributed by atoms with Crippen molar-refractivity contribution in [2.45, 2.75) is 18.9 Å². The molecule has 1 aliphatic rings. The Hall–Kier alpha value is -1.50. The zero-order valence-corrected chi connectivity index (χ0v) is 13.0. The molecule has 1 aliphatic heterocycles. The van der Waals surface area contributed by atoms with Gasteiger partial charge in [0, 0.05) is 30.5 Å². The molecule has 1 amide bonds. The number of benzene rings is 1. The van der Waals surface area contributed by atoms with E-state index in [0.29, 0.717) is 17.6 Å². The first-order valence-corrected chi connectivity index (χ1v) is 7.45. The molecule has 6 heteroatoms. The minimum Gasteiger partial charge on any atom is -0.389 e. The second kappa shape index (κ2) is 7.49. The Morgan fingerprint density at radius 2 is 2.00 bits per heavy atom. The first kappa shape index (κ1) is 15.9. The summed E-state index contributed by atoms with van der Waals surface area (Å²) in [5.41, 5.74) is 7.08. The topological polar surface area (TPSA) is 67.6 Å². The molecule has 2 rings (SSSR count). The van der Waals surface area contributed by atoms with Crippen LogP contribution in [-0.2, 0) is 9.53 Å². The van der Waals surface area contributed by atoms with Gasteiger partial charge in [0.05, 0.1) is 6.54 Å². The standard InChI is InChI=1S/C15H21N3O2S/c1-18(13-6-8-20-9-7-13)10-14(19)17-12-4-2-11(3-5-12)15(16)21/h2-5,13H,6-10H2,1H3,(H2,16,21)(H,17,19). The maximum absolute atomic E-state index is 12.0. The summed E-state index contributed by atoms with van der Waals surface area (Å²) >= 11 is 4.90. The highest BCUT2D eigenvalue weighted by atomic mass is 32.1. The first-order chi connectivity index (χ1) is 10.1. The normalized spacial score (nSPS) is 15.9. The predicted molar refractivity (Wildman–Crippen MR) is 87.4 cm³/mol. The van der Waals surface area contributed by atoms with Crippen LogP contribution >= 0.6 is 12.2 Å². The van der Waals surface area contributed by atoms with Crippen LogP contribution in [0.25, 0.3) is 0 Å². The van der Waals surface area contributed by atoms with E-state index in [-0.39, 0.29) is 5.91 Å². The van der Waals surface area contributed by atoms with Crippen molar-refractivity contribution in [1.29, 1.82) is 0 Å². The van der Waals surface area contributed by atoms with E-state index in [1.165, 1.54) is 0 Å². The zero-order valence-electron chi connectivity index (χ0n) is 12.2. The van der Waals surface area contributed by atoms with Gasteiger partial charge in [-0.15, -0.1) is 0 Å². The summed E-state index contributed by atoms with van der Waals surface area (Å²) in [6, 6.07) is 7.64. The smallest absolute Gasteiger partial charge is 0.238 e. The number of carbonyl (C=O) groups is 1. The molecule has 0 bridgehead atoms. The Kier molecular flexibility index (Phi) is 5.67. The molecule has 0 radical (unpaired) electrons. The molecule has 1 saturated heterocycles. The number of amides is 1. The van der Waals surface area contributed by atoms with Gasteiger partial charge in [0.2, 0.25) is 5.91 Å². The molecule has 21 heavy (non-hydrogen) atoms. The van der Waals surface area contributed by atoms with Crippen LogP contribution in [0.15, 0.2) is 24.3 Å². The summed E-state index contributed by atoms with van der Waals surface area (Å²) in [5.74, 6) is -0.0212. The minimum absolute atomic E-state index is 0.0212. The second-order valence-corrected chi connectivity index (χ2v) is 5.69. The molecule has 0 saturated carbocycles. The van der Waals surface area contributed by atoms with Gasteiger partial charge in [0.25, 0.3) is 0 Å². The van der Waals surface area contributed by atoms with Gasteiger partial charge in [-0.3, -0.25) is 9.69 Å². The zero-order chi connectivity index (χ0) is 15.2. The van der Waals surface area contributed by atoms with E-state index in [9.17, 15) is 4.79 Å². The molecule has 0 aliphatic carbocycles.